The van der Waals surface area contributed by atoms with Crippen LogP contribution in [0.15, 0.2) is 0 Å². The Hall–Kier alpha value is -0.570. The number of hydroxylamine groups is 1. The van der Waals surface area contributed by atoms with E-state index in [1.165, 1.54) is 0 Å². The Bertz CT molecular complexity index is 122. The normalized spacial score (nSPS) is 25.7. The van der Waals surface area contributed by atoms with Crippen LogP contribution in [0.2, 0.25) is 0 Å². The van der Waals surface area contributed by atoms with E-state index in [-0.39, 0.29) is 12.0 Å². The molecule has 0 amide bonds. The van der Waals surface area contributed by atoms with Crippen molar-refractivity contribution in [1.29, 1.82) is 0 Å². The number of carbonyl (C=O) groups excluding carboxylic acids is 1. The molecular formula is C6H11NO2. The Morgan fingerprint density at radius 1 is 1.78 bits per heavy atom. The van der Waals surface area contributed by atoms with Crippen molar-refractivity contribution in [2.45, 2.75) is 26.3 Å². The molecule has 3 heteroatoms. The minimum Gasteiger partial charge on any atom is -0.368 e. The molecule has 0 radical (unpaired) electrons. The fraction of sp³-hybridized carbons (Fsp3) is 0.833. The number of nitrogens with one attached hydrogen (secondary N) is 1. The number of carbonyl (C=O) groups is 1. The summed E-state index contributed by atoms with van der Waals surface area (Å²) in [4.78, 5) is 14.8. The standard InChI is InChI=1S/C6H11NO2/c1-4(2)3-5-6(8)9-7-5/h4-5,7H,3H2,1-2H3/t5-/m1/s1. The predicted octanol–water partition coefficient (Wildman–Crippen LogP) is 0.462. The Kier molecular flexibility index (Phi) is 1.71. The number of hydrogen-bond acceptors (Lipinski definition) is 3. The Balaban J connectivity index is 2.21. The third kappa shape index (κ3) is 1.42. The van der Waals surface area contributed by atoms with Gasteiger partial charge >= 0.3 is 5.97 Å². The highest BCUT2D eigenvalue weighted by atomic mass is 16.7. The monoisotopic (exact) mass is 129 g/mol. The molecule has 3 nitrogen and oxygen atoms in total. The van der Waals surface area contributed by atoms with Gasteiger partial charge in [0.05, 0.1) is 0 Å². The van der Waals surface area contributed by atoms with Gasteiger partial charge in [-0.05, 0) is 12.3 Å². The van der Waals surface area contributed by atoms with Crippen LogP contribution >= 0.6 is 0 Å². The van der Waals surface area contributed by atoms with E-state index < -0.39 is 0 Å². The van der Waals surface area contributed by atoms with Crippen LogP contribution in [0.25, 0.3) is 0 Å². The second-order valence-electron chi connectivity index (χ2n) is 2.72. The minimum absolute atomic E-state index is 0.0370. The van der Waals surface area contributed by atoms with Gasteiger partial charge in [-0.3, -0.25) is 0 Å². The van der Waals surface area contributed by atoms with E-state index >= 15 is 0 Å². The molecule has 9 heavy (non-hydrogen) atoms. The van der Waals surface area contributed by atoms with Crippen LogP contribution in [0.5, 0.6) is 0 Å². The lowest BCUT2D eigenvalue weighted by Crippen LogP contribution is -2.51. The van der Waals surface area contributed by atoms with Crippen LogP contribution in [0.3, 0.4) is 0 Å². The van der Waals surface area contributed by atoms with Gasteiger partial charge in [-0.25, -0.2) is 4.79 Å². The zero-order valence-electron chi connectivity index (χ0n) is 5.68. The maximum absolute atomic E-state index is 10.5. The van der Waals surface area contributed by atoms with Crippen LogP contribution < -0.4 is 5.48 Å². The molecule has 0 unspecified atom stereocenters. The largest absolute Gasteiger partial charge is 0.368 e. The van der Waals surface area contributed by atoms with Gasteiger partial charge in [-0.1, -0.05) is 13.8 Å². The first kappa shape index (κ1) is 6.55. The molecule has 1 atom stereocenters. The maximum atomic E-state index is 10.5. The maximum Gasteiger partial charge on any atom is 0.345 e. The molecule has 52 valence electrons. The fourth-order valence-corrected chi connectivity index (χ4v) is 0.806. The van der Waals surface area contributed by atoms with Crippen LogP contribution in [-0.4, -0.2) is 12.0 Å². The topological polar surface area (TPSA) is 38.3 Å². The van der Waals surface area contributed by atoms with E-state index in [2.05, 4.69) is 24.2 Å². The first-order valence-corrected chi connectivity index (χ1v) is 3.16. The summed E-state index contributed by atoms with van der Waals surface area (Å²) in [5.41, 5.74) is 2.58. The molecule has 1 aliphatic rings. The van der Waals surface area contributed by atoms with Crippen LogP contribution in [0.1, 0.15) is 20.3 Å². The third-order valence-corrected chi connectivity index (χ3v) is 1.29. The van der Waals surface area contributed by atoms with Crippen LogP contribution in [0.4, 0.5) is 0 Å². The zero-order valence-corrected chi connectivity index (χ0v) is 5.68. The molecular weight excluding hydrogens is 118 g/mol. The predicted molar refractivity (Wildman–Crippen MR) is 32.5 cm³/mol. The quantitative estimate of drug-likeness (QED) is 0.588. The van der Waals surface area contributed by atoms with Gasteiger partial charge in [0, 0.05) is 0 Å². The van der Waals surface area contributed by atoms with Gasteiger partial charge < -0.3 is 4.84 Å². The minimum atomic E-state index is -0.122. The van der Waals surface area contributed by atoms with Gasteiger partial charge in [0.2, 0.25) is 0 Å². The second kappa shape index (κ2) is 2.35. The molecule has 0 aromatic carbocycles. The van der Waals surface area contributed by atoms with Crippen LogP contribution in [0, 0.1) is 5.92 Å². The van der Waals surface area contributed by atoms with Crippen molar-refractivity contribution >= 4 is 5.97 Å². The Morgan fingerprint density at radius 2 is 2.44 bits per heavy atom. The molecule has 1 rings (SSSR count). The van der Waals surface area contributed by atoms with E-state index in [0.29, 0.717) is 5.92 Å². The highest BCUT2D eigenvalue weighted by Gasteiger charge is 2.30. The summed E-state index contributed by atoms with van der Waals surface area (Å²) in [6.07, 6.45) is 0.874. The average molecular weight is 129 g/mol. The fourth-order valence-electron chi connectivity index (χ4n) is 0.806. The molecule has 0 aromatic heterocycles. The first-order valence-electron chi connectivity index (χ1n) is 3.16. The van der Waals surface area contributed by atoms with Gasteiger partial charge in [0.15, 0.2) is 0 Å². The summed E-state index contributed by atoms with van der Waals surface area (Å²) in [6, 6.07) is -0.0370. The molecule has 0 bridgehead atoms. The number of hydrogen-bond donors (Lipinski definition) is 1. The smallest absolute Gasteiger partial charge is 0.345 e. The zero-order chi connectivity index (χ0) is 6.85. The van der Waals surface area contributed by atoms with Crippen molar-refractivity contribution in [3.8, 4) is 0 Å². The van der Waals surface area contributed by atoms with E-state index in [9.17, 15) is 4.79 Å². The lowest BCUT2D eigenvalue weighted by atomic mass is 10.0. The van der Waals surface area contributed by atoms with Crippen molar-refractivity contribution in [1.82, 2.24) is 5.48 Å². The third-order valence-electron chi connectivity index (χ3n) is 1.29. The molecule has 1 aliphatic heterocycles. The molecule has 0 aromatic rings. The molecule has 1 heterocycles. The van der Waals surface area contributed by atoms with E-state index in [1.54, 1.807) is 0 Å². The lowest BCUT2D eigenvalue weighted by molar-refractivity contribution is -0.181. The van der Waals surface area contributed by atoms with E-state index in [4.69, 9.17) is 0 Å². The Labute approximate surface area is 54.3 Å². The molecule has 1 saturated heterocycles. The SMILES string of the molecule is CC(C)C[C@H]1NOC1=O. The van der Waals surface area contributed by atoms with E-state index in [0.717, 1.165) is 6.42 Å². The molecule has 1 N–H and O–H groups in total. The summed E-state index contributed by atoms with van der Waals surface area (Å²) >= 11 is 0. The average Bonchev–Trinajstić information content (AvgIpc) is 1.79. The lowest BCUT2D eigenvalue weighted by Gasteiger charge is -2.25. The first-order chi connectivity index (χ1) is 4.20. The van der Waals surface area contributed by atoms with Gasteiger partial charge in [-0.2, -0.15) is 0 Å². The summed E-state index contributed by atoms with van der Waals surface area (Å²) in [5.74, 6) is 0.430. The molecule has 0 saturated carbocycles. The van der Waals surface area contributed by atoms with Gasteiger partial charge in [0.25, 0.3) is 0 Å². The summed E-state index contributed by atoms with van der Waals surface area (Å²) in [6.45, 7) is 4.15. The van der Waals surface area contributed by atoms with Crippen molar-refractivity contribution in [2.24, 2.45) is 5.92 Å². The summed E-state index contributed by atoms with van der Waals surface area (Å²) < 4.78 is 0. The van der Waals surface area contributed by atoms with Gasteiger partial charge in [0.1, 0.15) is 6.04 Å². The summed E-state index contributed by atoms with van der Waals surface area (Å²) in [5, 5.41) is 0. The molecule has 0 spiro atoms. The van der Waals surface area contributed by atoms with Crippen molar-refractivity contribution in [3.05, 3.63) is 0 Å². The van der Waals surface area contributed by atoms with Gasteiger partial charge in [-0.15, -0.1) is 5.48 Å². The highest BCUT2D eigenvalue weighted by Crippen LogP contribution is 2.10. The number of rotatable bonds is 2. The molecule has 1 fully saturated rings. The van der Waals surface area contributed by atoms with Crippen molar-refractivity contribution < 1.29 is 9.63 Å². The van der Waals surface area contributed by atoms with Crippen LogP contribution in [-0.2, 0) is 9.63 Å². The second-order valence-corrected chi connectivity index (χ2v) is 2.72. The van der Waals surface area contributed by atoms with Crippen molar-refractivity contribution in [2.75, 3.05) is 0 Å². The van der Waals surface area contributed by atoms with Crippen molar-refractivity contribution in [3.63, 3.8) is 0 Å². The summed E-state index contributed by atoms with van der Waals surface area (Å²) in [7, 11) is 0. The van der Waals surface area contributed by atoms with E-state index in [1.807, 2.05) is 0 Å². The Morgan fingerprint density at radius 3 is 2.56 bits per heavy atom. The molecule has 0 aliphatic carbocycles. The highest BCUT2D eigenvalue weighted by molar-refractivity contribution is 5.79.